The van der Waals surface area contributed by atoms with Gasteiger partial charge in [-0.2, -0.15) is 0 Å². The van der Waals surface area contributed by atoms with Crippen molar-refractivity contribution in [3.05, 3.63) is 59.2 Å². The molecule has 29 heavy (non-hydrogen) atoms. The molecule has 1 fully saturated rings. The second-order valence-electron chi connectivity index (χ2n) is 9.06. The molecule has 1 atom stereocenters. The number of hydrogen-bond donors (Lipinski definition) is 0. The summed E-state index contributed by atoms with van der Waals surface area (Å²) in [4.78, 5) is 0. The average Bonchev–Trinajstić information content (AvgIpc) is 2.75. The maximum Gasteiger partial charge on any atom is 0.166 e. The summed E-state index contributed by atoms with van der Waals surface area (Å²) >= 11 is 0. The van der Waals surface area contributed by atoms with Crippen molar-refractivity contribution in [2.24, 2.45) is 17.8 Å². The van der Waals surface area contributed by atoms with Crippen molar-refractivity contribution in [2.45, 2.75) is 78.6 Å². The van der Waals surface area contributed by atoms with E-state index in [9.17, 15) is 8.78 Å². The standard InChI is InChI=1S/C27H36F2/c1-4-6-7-20-8-12-23(13-9-20)19(3)18-21-10-14-24(15-11-21)25-17-16-22(5-2)26(28)27(25)29/h10-11,14-17,19-20,23H,4-9,12-13,18H2,1-3H3. The van der Waals surface area contributed by atoms with Crippen LogP contribution >= 0.6 is 0 Å². The molecule has 0 radical (unpaired) electrons. The largest absolute Gasteiger partial charge is 0.203 e. The predicted molar refractivity (Wildman–Crippen MR) is 119 cm³/mol. The first-order valence-electron chi connectivity index (χ1n) is 11.6. The van der Waals surface area contributed by atoms with Crippen LogP contribution in [0.15, 0.2) is 36.4 Å². The Kier molecular flexibility index (Phi) is 7.86. The molecular weight excluding hydrogens is 362 g/mol. The first kappa shape index (κ1) is 22.0. The fourth-order valence-corrected chi connectivity index (χ4v) is 4.98. The third kappa shape index (κ3) is 5.47. The van der Waals surface area contributed by atoms with Crippen molar-refractivity contribution in [1.82, 2.24) is 0 Å². The van der Waals surface area contributed by atoms with Gasteiger partial charge in [0, 0.05) is 5.56 Å². The zero-order valence-corrected chi connectivity index (χ0v) is 18.3. The summed E-state index contributed by atoms with van der Waals surface area (Å²) in [5, 5.41) is 0. The van der Waals surface area contributed by atoms with E-state index in [1.165, 1.54) is 50.5 Å². The molecule has 0 N–H and O–H groups in total. The summed E-state index contributed by atoms with van der Waals surface area (Å²) in [6.45, 7) is 6.50. The van der Waals surface area contributed by atoms with Gasteiger partial charge in [0.2, 0.25) is 0 Å². The number of benzene rings is 2. The summed E-state index contributed by atoms with van der Waals surface area (Å²) in [6.07, 6.45) is 11.2. The van der Waals surface area contributed by atoms with E-state index in [0.717, 1.165) is 23.8 Å². The van der Waals surface area contributed by atoms with Crippen molar-refractivity contribution in [1.29, 1.82) is 0 Å². The summed E-state index contributed by atoms with van der Waals surface area (Å²) < 4.78 is 28.5. The lowest BCUT2D eigenvalue weighted by Gasteiger charge is -2.32. The fraction of sp³-hybridized carbons (Fsp3) is 0.556. The molecular formula is C27H36F2. The molecule has 2 aromatic carbocycles. The fourth-order valence-electron chi connectivity index (χ4n) is 4.98. The topological polar surface area (TPSA) is 0 Å². The Morgan fingerprint density at radius 1 is 0.897 bits per heavy atom. The Bertz CT molecular complexity index is 770. The maximum atomic E-state index is 14.4. The number of hydrogen-bond acceptors (Lipinski definition) is 0. The zero-order chi connectivity index (χ0) is 20.8. The minimum Gasteiger partial charge on any atom is -0.203 e. The van der Waals surface area contributed by atoms with Gasteiger partial charge in [0.05, 0.1) is 0 Å². The molecule has 3 rings (SSSR count). The van der Waals surface area contributed by atoms with E-state index < -0.39 is 11.6 Å². The van der Waals surface area contributed by atoms with Crippen molar-refractivity contribution >= 4 is 0 Å². The van der Waals surface area contributed by atoms with Gasteiger partial charge in [-0.25, -0.2) is 8.78 Å². The summed E-state index contributed by atoms with van der Waals surface area (Å²) in [7, 11) is 0. The van der Waals surface area contributed by atoms with E-state index in [1.54, 1.807) is 12.1 Å². The number of rotatable bonds is 8. The quantitative estimate of drug-likeness (QED) is 0.419. The third-order valence-electron chi connectivity index (χ3n) is 7.03. The second kappa shape index (κ2) is 10.4. The number of aryl methyl sites for hydroxylation is 1. The van der Waals surface area contributed by atoms with E-state index >= 15 is 0 Å². The third-order valence-corrected chi connectivity index (χ3v) is 7.03. The molecule has 0 amide bonds. The highest BCUT2D eigenvalue weighted by Gasteiger charge is 2.25. The van der Waals surface area contributed by atoms with E-state index in [2.05, 4.69) is 26.0 Å². The zero-order valence-electron chi connectivity index (χ0n) is 18.3. The van der Waals surface area contributed by atoms with Crippen LogP contribution in [0, 0.1) is 29.4 Å². The van der Waals surface area contributed by atoms with Crippen molar-refractivity contribution in [3.63, 3.8) is 0 Å². The minimum atomic E-state index is -0.731. The molecule has 1 saturated carbocycles. The Morgan fingerprint density at radius 3 is 2.21 bits per heavy atom. The Labute approximate surface area is 175 Å². The lowest BCUT2D eigenvalue weighted by Crippen LogP contribution is -2.21. The molecule has 0 spiro atoms. The van der Waals surface area contributed by atoms with Crippen LogP contribution in [0.2, 0.25) is 0 Å². The molecule has 0 aromatic heterocycles. The van der Waals surface area contributed by atoms with Crippen molar-refractivity contribution < 1.29 is 8.78 Å². The van der Waals surface area contributed by atoms with E-state index in [1.807, 2.05) is 19.1 Å². The van der Waals surface area contributed by atoms with E-state index in [0.29, 0.717) is 23.5 Å². The van der Waals surface area contributed by atoms with Gasteiger partial charge in [-0.15, -0.1) is 0 Å². The molecule has 2 aromatic rings. The van der Waals surface area contributed by atoms with Crippen LogP contribution in [-0.4, -0.2) is 0 Å². The van der Waals surface area contributed by atoms with Gasteiger partial charge in [-0.05, 0) is 60.1 Å². The summed E-state index contributed by atoms with van der Waals surface area (Å²) in [5.41, 5.74) is 2.82. The maximum absolute atomic E-state index is 14.4. The van der Waals surface area contributed by atoms with E-state index in [4.69, 9.17) is 0 Å². The molecule has 0 aliphatic heterocycles. The van der Waals surface area contributed by atoms with Crippen LogP contribution in [0.25, 0.3) is 11.1 Å². The summed E-state index contributed by atoms with van der Waals surface area (Å²) in [6, 6.07) is 11.4. The monoisotopic (exact) mass is 398 g/mol. The Balaban J connectivity index is 1.59. The Hall–Kier alpha value is -1.70. The lowest BCUT2D eigenvalue weighted by atomic mass is 9.73. The molecule has 0 nitrogen and oxygen atoms in total. The molecule has 0 bridgehead atoms. The van der Waals surface area contributed by atoms with Crippen LogP contribution in [0.4, 0.5) is 8.78 Å². The second-order valence-corrected chi connectivity index (χ2v) is 9.06. The first-order chi connectivity index (χ1) is 14.0. The van der Waals surface area contributed by atoms with Gasteiger partial charge in [-0.3, -0.25) is 0 Å². The number of unbranched alkanes of at least 4 members (excludes halogenated alkanes) is 1. The van der Waals surface area contributed by atoms with Gasteiger partial charge in [-0.1, -0.05) is 89.3 Å². The molecule has 158 valence electrons. The average molecular weight is 399 g/mol. The molecule has 0 saturated heterocycles. The van der Waals surface area contributed by atoms with Gasteiger partial charge >= 0.3 is 0 Å². The Morgan fingerprint density at radius 2 is 1.59 bits per heavy atom. The van der Waals surface area contributed by atoms with Crippen molar-refractivity contribution in [3.8, 4) is 11.1 Å². The van der Waals surface area contributed by atoms with Crippen LogP contribution in [0.5, 0.6) is 0 Å². The highest BCUT2D eigenvalue weighted by Crippen LogP contribution is 2.37. The molecule has 0 heterocycles. The van der Waals surface area contributed by atoms with Crippen LogP contribution in [0.3, 0.4) is 0 Å². The van der Waals surface area contributed by atoms with Crippen LogP contribution in [-0.2, 0) is 12.8 Å². The van der Waals surface area contributed by atoms with Gasteiger partial charge in [0.15, 0.2) is 11.6 Å². The van der Waals surface area contributed by atoms with E-state index in [-0.39, 0.29) is 0 Å². The molecule has 1 aliphatic carbocycles. The SMILES string of the molecule is CCCCC1CCC(C(C)Cc2ccc(-c3ccc(CC)c(F)c3F)cc2)CC1. The first-order valence-corrected chi connectivity index (χ1v) is 11.6. The lowest BCUT2D eigenvalue weighted by molar-refractivity contribution is 0.205. The normalized spacial score (nSPS) is 20.6. The minimum absolute atomic E-state index is 0.352. The number of halogens is 2. The highest BCUT2D eigenvalue weighted by atomic mass is 19.2. The highest BCUT2D eigenvalue weighted by molar-refractivity contribution is 5.65. The molecule has 1 unspecified atom stereocenters. The van der Waals surface area contributed by atoms with Gasteiger partial charge in [0.1, 0.15) is 0 Å². The molecule has 2 heteroatoms. The van der Waals surface area contributed by atoms with Crippen molar-refractivity contribution in [2.75, 3.05) is 0 Å². The summed E-state index contributed by atoms with van der Waals surface area (Å²) in [5.74, 6) is 1.00. The van der Waals surface area contributed by atoms with Crippen LogP contribution in [0.1, 0.15) is 76.8 Å². The predicted octanol–water partition coefficient (Wildman–Crippen LogP) is 8.37. The molecule has 1 aliphatic rings. The van der Waals surface area contributed by atoms with Crippen LogP contribution < -0.4 is 0 Å². The smallest absolute Gasteiger partial charge is 0.166 e. The van der Waals surface area contributed by atoms with Gasteiger partial charge < -0.3 is 0 Å². The van der Waals surface area contributed by atoms with Gasteiger partial charge in [0.25, 0.3) is 0 Å².